The number of aliphatic carboxylic acids is 1. The Morgan fingerprint density at radius 2 is 1.94 bits per heavy atom. The van der Waals surface area contributed by atoms with Crippen LogP contribution < -0.4 is 4.74 Å². The van der Waals surface area contributed by atoms with Crippen molar-refractivity contribution >= 4 is 5.97 Å². The molecule has 0 fully saturated rings. The van der Waals surface area contributed by atoms with Crippen LogP contribution in [0.15, 0.2) is 46.9 Å². The molecule has 10 heteroatoms. The highest BCUT2D eigenvalue weighted by Gasteiger charge is 2.30. The molecule has 1 aromatic heterocycles. The lowest BCUT2D eigenvalue weighted by molar-refractivity contribution is -0.138. The Bertz CT molecular complexity index is 1160. The molecule has 2 heterocycles. The largest absolute Gasteiger partial charge is 0.486 e. The molecule has 0 atom stereocenters. The van der Waals surface area contributed by atoms with Gasteiger partial charge in [0.25, 0.3) is 0 Å². The van der Waals surface area contributed by atoms with E-state index in [1.165, 1.54) is 24.3 Å². The van der Waals surface area contributed by atoms with E-state index in [4.69, 9.17) is 14.3 Å². The molecular formula is C24H22F4N2O4. The monoisotopic (exact) mass is 478 g/mol. The van der Waals surface area contributed by atoms with Crippen LogP contribution in [-0.4, -0.2) is 34.0 Å². The minimum Gasteiger partial charge on any atom is -0.486 e. The van der Waals surface area contributed by atoms with Crippen LogP contribution in [0, 0.1) is 5.82 Å². The van der Waals surface area contributed by atoms with Gasteiger partial charge in [-0.15, -0.1) is 0 Å². The summed E-state index contributed by atoms with van der Waals surface area (Å²) in [4.78, 5) is 17.3. The molecule has 0 unspecified atom stereocenters. The fraction of sp³-hybridized carbons (Fsp3) is 0.333. The molecule has 0 aliphatic carbocycles. The Labute approximate surface area is 192 Å². The van der Waals surface area contributed by atoms with E-state index >= 15 is 0 Å². The fourth-order valence-electron chi connectivity index (χ4n) is 3.72. The third-order valence-corrected chi connectivity index (χ3v) is 5.53. The van der Waals surface area contributed by atoms with Crippen molar-refractivity contribution in [1.82, 2.24) is 9.88 Å². The van der Waals surface area contributed by atoms with Crippen molar-refractivity contribution in [1.29, 1.82) is 0 Å². The van der Waals surface area contributed by atoms with Gasteiger partial charge in [0.2, 0.25) is 5.89 Å². The Balaban J connectivity index is 1.38. The van der Waals surface area contributed by atoms with E-state index in [9.17, 15) is 22.4 Å². The maximum atomic E-state index is 14.6. The van der Waals surface area contributed by atoms with Crippen molar-refractivity contribution in [3.8, 4) is 17.2 Å². The molecule has 0 saturated carbocycles. The number of carboxylic acids is 1. The summed E-state index contributed by atoms with van der Waals surface area (Å²) in [6, 6.07) is 8.76. The minimum absolute atomic E-state index is 0.0374. The van der Waals surface area contributed by atoms with E-state index in [-0.39, 0.29) is 24.7 Å². The van der Waals surface area contributed by atoms with E-state index in [0.29, 0.717) is 37.1 Å². The molecule has 180 valence electrons. The molecule has 4 rings (SSSR count). The predicted octanol–water partition coefficient (Wildman–Crippen LogP) is 5.30. The molecule has 3 aromatic rings. The number of carbonyl (C=O) groups is 1. The Kier molecular flexibility index (Phi) is 6.87. The fourth-order valence-corrected chi connectivity index (χ4v) is 3.72. The van der Waals surface area contributed by atoms with Crippen LogP contribution >= 0.6 is 0 Å². The number of halogens is 4. The molecule has 1 aliphatic heterocycles. The number of aromatic nitrogens is 1. The van der Waals surface area contributed by atoms with Crippen molar-refractivity contribution in [2.45, 2.75) is 38.6 Å². The van der Waals surface area contributed by atoms with Crippen LogP contribution in [0.4, 0.5) is 17.6 Å². The molecule has 0 saturated heterocycles. The maximum absolute atomic E-state index is 14.6. The van der Waals surface area contributed by atoms with Crippen molar-refractivity contribution in [3.05, 3.63) is 70.9 Å². The van der Waals surface area contributed by atoms with E-state index in [2.05, 4.69) is 9.88 Å². The smallest absolute Gasteiger partial charge is 0.416 e. The lowest BCUT2D eigenvalue weighted by Crippen LogP contribution is -2.31. The first-order chi connectivity index (χ1) is 16.2. The van der Waals surface area contributed by atoms with Gasteiger partial charge in [0.05, 0.1) is 11.3 Å². The first-order valence-electron chi connectivity index (χ1n) is 10.7. The maximum Gasteiger partial charge on any atom is 0.416 e. The normalized spacial score (nSPS) is 14.1. The number of hydrogen-bond acceptors (Lipinski definition) is 5. The Morgan fingerprint density at radius 3 is 2.62 bits per heavy atom. The zero-order chi connectivity index (χ0) is 24.3. The minimum atomic E-state index is -4.42. The summed E-state index contributed by atoms with van der Waals surface area (Å²) in [6.45, 7) is 1.83. The van der Waals surface area contributed by atoms with Crippen molar-refractivity contribution in [2.75, 3.05) is 13.1 Å². The van der Waals surface area contributed by atoms with E-state index in [1.807, 2.05) is 0 Å². The van der Waals surface area contributed by atoms with Crippen LogP contribution in [0.25, 0.3) is 11.5 Å². The van der Waals surface area contributed by atoms with Crippen molar-refractivity contribution in [3.63, 3.8) is 0 Å². The molecule has 2 aromatic carbocycles. The summed E-state index contributed by atoms with van der Waals surface area (Å²) in [5, 5.41) is 8.78. The first kappa shape index (κ1) is 23.7. The van der Waals surface area contributed by atoms with Crippen molar-refractivity contribution in [2.24, 2.45) is 0 Å². The zero-order valence-electron chi connectivity index (χ0n) is 18.1. The highest BCUT2D eigenvalue weighted by atomic mass is 19.4. The Hall–Kier alpha value is -3.40. The third kappa shape index (κ3) is 5.74. The van der Waals surface area contributed by atoms with E-state index < -0.39 is 23.5 Å². The second-order valence-corrected chi connectivity index (χ2v) is 8.04. The average Bonchev–Trinajstić information content (AvgIpc) is 3.21. The summed E-state index contributed by atoms with van der Waals surface area (Å²) in [5.74, 6) is -0.492. The number of nitrogens with zero attached hydrogens (tertiary/aromatic N) is 2. The van der Waals surface area contributed by atoms with Gasteiger partial charge in [0.1, 0.15) is 12.4 Å². The van der Waals surface area contributed by atoms with Crippen molar-refractivity contribution < 1.29 is 36.6 Å². The first-order valence-corrected chi connectivity index (χ1v) is 10.7. The summed E-state index contributed by atoms with van der Waals surface area (Å²) >= 11 is 0. The summed E-state index contributed by atoms with van der Waals surface area (Å²) < 4.78 is 63.8. The Morgan fingerprint density at radius 1 is 1.18 bits per heavy atom. The number of oxazole rings is 1. The van der Waals surface area contributed by atoms with E-state index in [0.717, 1.165) is 30.1 Å². The number of rotatable bonds is 8. The second kappa shape index (κ2) is 9.84. The molecule has 0 spiro atoms. The number of benzene rings is 2. The van der Waals surface area contributed by atoms with Gasteiger partial charge in [0.15, 0.2) is 11.6 Å². The van der Waals surface area contributed by atoms with Gasteiger partial charge in [0, 0.05) is 31.5 Å². The summed E-state index contributed by atoms with van der Waals surface area (Å²) in [7, 11) is 0. The molecule has 1 N–H and O–H groups in total. The van der Waals surface area contributed by atoms with E-state index in [1.54, 1.807) is 6.07 Å². The van der Waals surface area contributed by atoms with Gasteiger partial charge in [-0.05, 0) is 48.9 Å². The number of hydrogen-bond donors (Lipinski definition) is 1. The van der Waals surface area contributed by atoms with Gasteiger partial charge < -0.3 is 14.3 Å². The predicted molar refractivity (Wildman–Crippen MR) is 114 cm³/mol. The molecule has 1 aliphatic rings. The molecule has 6 nitrogen and oxygen atoms in total. The lowest BCUT2D eigenvalue weighted by Gasteiger charge is -2.24. The molecule has 0 bridgehead atoms. The third-order valence-electron chi connectivity index (χ3n) is 5.53. The molecule has 34 heavy (non-hydrogen) atoms. The lowest BCUT2D eigenvalue weighted by atomic mass is 10.1. The van der Waals surface area contributed by atoms with Crippen LogP contribution in [-0.2, 0) is 30.5 Å². The van der Waals surface area contributed by atoms with Crippen LogP contribution in [0.1, 0.15) is 35.4 Å². The SMILES string of the molecule is O=C(O)CCCN1CCc2oc(-c3ccc(OCc4ccc(C(F)(F)F)cc4)c(F)c3)nc2C1. The molecule has 0 radical (unpaired) electrons. The topological polar surface area (TPSA) is 75.8 Å². The van der Waals surface area contributed by atoms with Crippen LogP contribution in [0.5, 0.6) is 5.75 Å². The summed E-state index contributed by atoms with van der Waals surface area (Å²) in [5.41, 5.74) is 0.902. The number of alkyl halides is 3. The van der Waals surface area contributed by atoms with Gasteiger partial charge in [-0.1, -0.05) is 12.1 Å². The average molecular weight is 478 g/mol. The van der Waals surface area contributed by atoms with Crippen LogP contribution in [0.3, 0.4) is 0 Å². The molecular weight excluding hydrogens is 456 g/mol. The standard InChI is InChI=1S/C24H22F4N2O4/c25-18-12-16(5-8-20(18)33-14-15-3-6-17(7-4-15)24(26,27)28)23-29-19-13-30(10-1-2-22(31)32)11-9-21(19)34-23/h3-8,12H,1-2,9-11,13-14H2,(H,31,32). The highest BCUT2D eigenvalue weighted by Crippen LogP contribution is 2.31. The van der Waals surface area contributed by atoms with Gasteiger partial charge in [-0.25, -0.2) is 9.37 Å². The van der Waals surface area contributed by atoms with Crippen LogP contribution in [0.2, 0.25) is 0 Å². The second-order valence-electron chi connectivity index (χ2n) is 8.04. The molecule has 0 amide bonds. The highest BCUT2D eigenvalue weighted by molar-refractivity contribution is 5.66. The number of fused-ring (bicyclic) bond motifs is 1. The number of carboxylic acid groups (broad SMARTS) is 1. The van der Waals surface area contributed by atoms with Gasteiger partial charge >= 0.3 is 12.1 Å². The quantitative estimate of drug-likeness (QED) is 0.443. The zero-order valence-corrected chi connectivity index (χ0v) is 18.1. The van der Waals surface area contributed by atoms with Gasteiger partial charge in [-0.3, -0.25) is 9.69 Å². The summed E-state index contributed by atoms with van der Waals surface area (Å²) in [6.07, 6.45) is -3.13. The number of ether oxygens (including phenoxy) is 1. The van der Waals surface area contributed by atoms with Gasteiger partial charge in [-0.2, -0.15) is 13.2 Å².